The minimum absolute atomic E-state index is 0.640. The van der Waals surface area contributed by atoms with Gasteiger partial charge in [-0.2, -0.15) is 16.9 Å². The Morgan fingerprint density at radius 2 is 2.06 bits per heavy atom. The highest BCUT2D eigenvalue weighted by molar-refractivity contribution is 7.99. The van der Waals surface area contributed by atoms with E-state index < -0.39 is 0 Å². The average Bonchev–Trinajstić information content (AvgIpc) is 2.88. The molecule has 1 heterocycles. The monoisotopic (exact) mass is 261 g/mol. The number of hydrogen-bond acceptors (Lipinski definition) is 3. The first kappa shape index (κ1) is 13.2. The van der Waals surface area contributed by atoms with Gasteiger partial charge >= 0.3 is 0 Å². The molecule has 0 aliphatic rings. The largest absolute Gasteiger partial charge is 0.310 e. The smallest absolute Gasteiger partial charge is 0.0766 e. The summed E-state index contributed by atoms with van der Waals surface area (Å²) in [5, 5.41) is 8.61. The molecule has 2 aromatic rings. The lowest BCUT2D eigenvalue weighted by Gasteiger charge is -2.08. The second-order valence-electron chi connectivity index (χ2n) is 4.26. The third-order valence-electron chi connectivity index (χ3n) is 2.81. The van der Waals surface area contributed by atoms with Crippen molar-refractivity contribution in [1.29, 1.82) is 0 Å². The molecule has 1 unspecified atom stereocenters. The summed E-state index contributed by atoms with van der Waals surface area (Å²) in [5.74, 6) is 0. The SMILES string of the molecule is CSC(C)CNCc1ccn(-c2ccccc2)n1. The fraction of sp³-hybridized carbons (Fsp3) is 0.357. The molecule has 0 aliphatic heterocycles. The van der Waals surface area contributed by atoms with Crippen molar-refractivity contribution in [3.8, 4) is 5.69 Å². The van der Waals surface area contributed by atoms with Crippen LogP contribution >= 0.6 is 11.8 Å². The van der Waals surface area contributed by atoms with Crippen LogP contribution in [0, 0.1) is 0 Å². The molecule has 0 bridgehead atoms. The van der Waals surface area contributed by atoms with Crippen LogP contribution < -0.4 is 5.32 Å². The van der Waals surface area contributed by atoms with Gasteiger partial charge in [-0.3, -0.25) is 0 Å². The molecule has 1 aromatic heterocycles. The van der Waals surface area contributed by atoms with E-state index in [0.29, 0.717) is 5.25 Å². The molecule has 1 atom stereocenters. The molecule has 0 amide bonds. The van der Waals surface area contributed by atoms with Gasteiger partial charge in [0.15, 0.2) is 0 Å². The van der Waals surface area contributed by atoms with E-state index in [2.05, 4.69) is 41.8 Å². The summed E-state index contributed by atoms with van der Waals surface area (Å²) in [6, 6.07) is 12.2. The van der Waals surface area contributed by atoms with E-state index in [1.165, 1.54) is 0 Å². The fourth-order valence-corrected chi connectivity index (χ4v) is 1.95. The number of benzene rings is 1. The van der Waals surface area contributed by atoms with Crippen LogP contribution in [-0.2, 0) is 6.54 Å². The zero-order valence-electron chi connectivity index (χ0n) is 10.8. The van der Waals surface area contributed by atoms with Crippen molar-refractivity contribution in [2.45, 2.75) is 18.7 Å². The minimum atomic E-state index is 0.640. The molecule has 0 radical (unpaired) electrons. The summed E-state index contributed by atoms with van der Waals surface area (Å²) < 4.78 is 1.91. The van der Waals surface area contributed by atoms with E-state index in [1.807, 2.05) is 40.8 Å². The van der Waals surface area contributed by atoms with Crippen molar-refractivity contribution >= 4 is 11.8 Å². The Labute approximate surface area is 113 Å². The van der Waals surface area contributed by atoms with Crippen LogP contribution in [0.4, 0.5) is 0 Å². The standard InChI is InChI=1S/C14H19N3S/c1-12(18-2)10-15-11-13-8-9-17(16-13)14-6-4-3-5-7-14/h3-9,12,15H,10-11H2,1-2H3. The Morgan fingerprint density at radius 1 is 1.28 bits per heavy atom. The van der Waals surface area contributed by atoms with Gasteiger partial charge in [0, 0.05) is 24.5 Å². The van der Waals surface area contributed by atoms with Crippen molar-refractivity contribution in [3.05, 3.63) is 48.3 Å². The molecule has 2 rings (SSSR count). The number of rotatable bonds is 6. The molecule has 0 spiro atoms. The van der Waals surface area contributed by atoms with Gasteiger partial charge in [0.25, 0.3) is 0 Å². The summed E-state index contributed by atoms with van der Waals surface area (Å²) >= 11 is 1.87. The second-order valence-corrected chi connectivity index (χ2v) is 5.54. The maximum Gasteiger partial charge on any atom is 0.0766 e. The zero-order valence-corrected chi connectivity index (χ0v) is 11.7. The molecule has 0 saturated carbocycles. The van der Waals surface area contributed by atoms with Crippen molar-refractivity contribution in [2.75, 3.05) is 12.8 Å². The Morgan fingerprint density at radius 3 is 2.78 bits per heavy atom. The van der Waals surface area contributed by atoms with E-state index in [0.717, 1.165) is 24.5 Å². The first-order chi connectivity index (χ1) is 8.79. The first-order valence-corrected chi connectivity index (χ1v) is 7.42. The van der Waals surface area contributed by atoms with E-state index >= 15 is 0 Å². The maximum absolute atomic E-state index is 4.55. The fourth-order valence-electron chi connectivity index (χ4n) is 1.67. The highest BCUT2D eigenvalue weighted by Gasteiger charge is 2.02. The highest BCUT2D eigenvalue weighted by Crippen LogP contribution is 2.07. The molecule has 4 heteroatoms. The number of hydrogen-bond donors (Lipinski definition) is 1. The Kier molecular flexibility index (Phi) is 4.84. The quantitative estimate of drug-likeness (QED) is 0.867. The van der Waals surface area contributed by atoms with Gasteiger partial charge in [0.05, 0.1) is 11.4 Å². The maximum atomic E-state index is 4.55. The van der Waals surface area contributed by atoms with Crippen molar-refractivity contribution < 1.29 is 0 Å². The third-order valence-corrected chi connectivity index (χ3v) is 3.78. The van der Waals surface area contributed by atoms with Crippen LogP contribution in [0.5, 0.6) is 0 Å². The van der Waals surface area contributed by atoms with Gasteiger partial charge in [-0.1, -0.05) is 25.1 Å². The molecule has 0 aliphatic carbocycles. The van der Waals surface area contributed by atoms with Crippen molar-refractivity contribution in [2.24, 2.45) is 0 Å². The van der Waals surface area contributed by atoms with Gasteiger partial charge in [-0.05, 0) is 24.5 Å². The lowest BCUT2D eigenvalue weighted by atomic mass is 10.3. The lowest BCUT2D eigenvalue weighted by Crippen LogP contribution is -2.22. The van der Waals surface area contributed by atoms with E-state index in [1.54, 1.807) is 0 Å². The number of nitrogens with zero attached hydrogens (tertiary/aromatic N) is 2. The van der Waals surface area contributed by atoms with Crippen LogP contribution in [0.15, 0.2) is 42.6 Å². The summed E-state index contributed by atoms with van der Waals surface area (Å²) in [5.41, 5.74) is 2.17. The first-order valence-electron chi connectivity index (χ1n) is 6.13. The van der Waals surface area contributed by atoms with Gasteiger partial charge in [0.1, 0.15) is 0 Å². The van der Waals surface area contributed by atoms with Crippen LogP contribution in [0.1, 0.15) is 12.6 Å². The molecule has 3 nitrogen and oxygen atoms in total. The molecular weight excluding hydrogens is 242 g/mol. The predicted octanol–water partition coefficient (Wildman–Crippen LogP) is 2.71. The van der Waals surface area contributed by atoms with E-state index in [4.69, 9.17) is 0 Å². The highest BCUT2D eigenvalue weighted by atomic mass is 32.2. The molecule has 0 fully saturated rings. The summed E-state index contributed by atoms with van der Waals surface area (Å²) in [7, 11) is 0. The van der Waals surface area contributed by atoms with Gasteiger partial charge < -0.3 is 5.32 Å². The molecule has 18 heavy (non-hydrogen) atoms. The normalized spacial score (nSPS) is 12.6. The number of nitrogens with one attached hydrogen (secondary N) is 1. The minimum Gasteiger partial charge on any atom is -0.310 e. The Hall–Kier alpha value is -1.26. The van der Waals surface area contributed by atoms with Gasteiger partial charge in [-0.15, -0.1) is 0 Å². The Balaban J connectivity index is 1.91. The van der Waals surface area contributed by atoms with Crippen LogP contribution in [0.2, 0.25) is 0 Å². The average molecular weight is 261 g/mol. The van der Waals surface area contributed by atoms with E-state index in [9.17, 15) is 0 Å². The van der Waals surface area contributed by atoms with Gasteiger partial charge in [-0.25, -0.2) is 4.68 Å². The summed E-state index contributed by atoms with van der Waals surface area (Å²) in [4.78, 5) is 0. The number of aromatic nitrogens is 2. The van der Waals surface area contributed by atoms with Gasteiger partial charge in [0.2, 0.25) is 0 Å². The summed E-state index contributed by atoms with van der Waals surface area (Å²) in [6.45, 7) is 4.06. The molecule has 0 saturated heterocycles. The summed E-state index contributed by atoms with van der Waals surface area (Å²) in [6.07, 6.45) is 4.14. The predicted molar refractivity (Wildman–Crippen MR) is 78.2 cm³/mol. The van der Waals surface area contributed by atoms with Crippen LogP contribution in [-0.4, -0.2) is 27.8 Å². The topological polar surface area (TPSA) is 29.9 Å². The molecule has 1 aromatic carbocycles. The third kappa shape index (κ3) is 3.62. The zero-order chi connectivity index (χ0) is 12.8. The molecular formula is C14H19N3S. The second kappa shape index (κ2) is 6.61. The molecule has 96 valence electrons. The number of para-hydroxylation sites is 1. The van der Waals surface area contributed by atoms with Crippen molar-refractivity contribution in [1.82, 2.24) is 15.1 Å². The lowest BCUT2D eigenvalue weighted by molar-refractivity contribution is 0.664. The van der Waals surface area contributed by atoms with E-state index in [-0.39, 0.29) is 0 Å². The van der Waals surface area contributed by atoms with Crippen LogP contribution in [0.3, 0.4) is 0 Å². The number of thioether (sulfide) groups is 1. The molecule has 1 N–H and O–H groups in total. The van der Waals surface area contributed by atoms with Crippen LogP contribution in [0.25, 0.3) is 5.69 Å². The van der Waals surface area contributed by atoms with Crippen molar-refractivity contribution in [3.63, 3.8) is 0 Å². The Bertz CT molecular complexity index is 467.